The van der Waals surface area contributed by atoms with Crippen molar-refractivity contribution in [2.24, 2.45) is 0 Å². The molecule has 0 spiro atoms. The number of rotatable bonds is 5. The van der Waals surface area contributed by atoms with Crippen LogP contribution in [0.4, 0.5) is 9.93 Å². The van der Waals surface area contributed by atoms with Gasteiger partial charge in [-0.15, -0.1) is 11.3 Å². The third kappa shape index (κ3) is 3.19. The van der Waals surface area contributed by atoms with Crippen molar-refractivity contribution in [3.8, 4) is 0 Å². The second kappa shape index (κ2) is 5.34. The minimum atomic E-state index is -1.04. The van der Waals surface area contributed by atoms with Crippen LogP contribution in [0, 0.1) is 0 Å². The lowest BCUT2D eigenvalue weighted by Crippen LogP contribution is -2.42. The number of anilines is 1. The molecule has 1 aromatic heterocycles. The zero-order chi connectivity index (χ0) is 13.1. The molecule has 1 fully saturated rings. The van der Waals surface area contributed by atoms with Gasteiger partial charge in [0, 0.05) is 11.3 Å². The van der Waals surface area contributed by atoms with Crippen LogP contribution >= 0.6 is 11.3 Å². The zero-order valence-corrected chi connectivity index (χ0v) is 10.8. The van der Waals surface area contributed by atoms with E-state index in [-0.39, 0.29) is 0 Å². The molecule has 1 heterocycles. The Morgan fingerprint density at radius 3 is 2.89 bits per heavy atom. The summed E-state index contributed by atoms with van der Waals surface area (Å²) in [6, 6.07) is -1.39. The second-order valence-electron chi connectivity index (χ2n) is 4.25. The van der Waals surface area contributed by atoms with Crippen LogP contribution in [0.2, 0.25) is 0 Å². The first-order valence-corrected chi connectivity index (χ1v) is 6.74. The molecule has 1 saturated carbocycles. The number of hydrogen-bond donors (Lipinski definition) is 3. The molecular formula is C11H15N3O3S. The quantitative estimate of drug-likeness (QED) is 0.762. The number of hydrogen-bond acceptors (Lipinski definition) is 4. The average Bonchev–Trinajstić information content (AvgIpc) is 3.07. The van der Waals surface area contributed by atoms with E-state index in [4.69, 9.17) is 5.11 Å². The van der Waals surface area contributed by atoms with Crippen molar-refractivity contribution in [2.75, 3.05) is 5.32 Å². The lowest BCUT2D eigenvalue weighted by atomic mass is 10.2. The fraction of sp³-hybridized carbons (Fsp3) is 0.545. The molecule has 1 aromatic rings. The molecule has 18 heavy (non-hydrogen) atoms. The Morgan fingerprint density at radius 2 is 2.33 bits per heavy atom. The van der Waals surface area contributed by atoms with Crippen molar-refractivity contribution in [1.29, 1.82) is 0 Å². The predicted octanol–water partition coefficient (Wildman–Crippen LogP) is 2.01. The van der Waals surface area contributed by atoms with Crippen molar-refractivity contribution in [3.63, 3.8) is 0 Å². The maximum absolute atomic E-state index is 11.6. The molecule has 7 heteroatoms. The molecule has 0 aliphatic heterocycles. The van der Waals surface area contributed by atoms with Crippen LogP contribution in [0.3, 0.4) is 0 Å². The molecule has 3 N–H and O–H groups in total. The van der Waals surface area contributed by atoms with Gasteiger partial charge in [0.05, 0.1) is 5.69 Å². The van der Waals surface area contributed by atoms with E-state index in [1.807, 2.05) is 5.38 Å². The Kier molecular flexibility index (Phi) is 3.81. The van der Waals surface area contributed by atoms with Gasteiger partial charge in [-0.1, -0.05) is 6.92 Å². The molecule has 0 aromatic carbocycles. The summed E-state index contributed by atoms with van der Waals surface area (Å²) in [4.78, 5) is 26.6. The number of aliphatic carboxylic acids is 1. The normalized spacial score (nSPS) is 16.1. The highest BCUT2D eigenvalue weighted by Crippen LogP contribution is 2.40. The van der Waals surface area contributed by atoms with Crippen LogP contribution in [0.1, 0.15) is 37.8 Å². The molecule has 0 unspecified atom stereocenters. The van der Waals surface area contributed by atoms with E-state index >= 15 is 0 Å². The topological polar surface area (TPSA) is 91.3 Å². The highest BCUT2D eigenvalue weighted by Gasteiger charge is 2.26. The average molecular weight is 269 g/mol. The molecule has 6 nitrogen and oxygen atoms in total. The molecule has 1 atom stereocenters. The summed E-state index contributed by atoms with van der Waals surface area (Å²) in [5.41, 5.74) is 1.01. The van der Waals surface area contributed by atoms with E-state index in [1.54, 1.807) is 6.92 Å². The van der Waals surface area contributed by atoms with Crippen LogP contribution in [0.15, 0.2) is 5.38 Å². The monoisotopic (exact) mass is 269 g/mol. The Labute approximate surface area is 108 Å². The Morgan fingerprint density at radius 1 is 1.61 bits per heavy atom. The van der Waals surface area contributed by atoms with Crippen LogP contribution < -0.4 is 10.6 Å². The highest BCUT2D eigenvalue weighted by molar-refractivity contribution is 7.13. The number of nitrogens with zero attached hydrogens (tertiary/aromatic N) is 1. The van der Waals surface area contributed by atoms with Gasteiger partial charge in [-0.25, -0.2) is 14.6 Å². The van der Waals surface area contributed by atoms with E-state index in [0.29, 0.717) is 17.5 Å². The van der Waals surface area contributed by atoms with Crippen molar-refractivity contribution >= 4 is 28.5 Å². The Balaban J connectivity index is 1.87. The summed E-state index contributed by atoms with van der Waals surface area (Å²) < 4.78 is 0. The minimum absolute atomic E-state index is 0.341. The number of carbonyl (C=O) groups is 2. The van der Waals surface area contributed by atoms with Gasteiger partial charge < -0.3 is 10.4 Å². The van der Waals surface area contributed by atoms with Gasteiger partial charge in [-0.3, -0.25) is 5.32 Å². The van der Waals surface area contributed by atoms with Crippen molar-refractivity contribution in [2.45, 2.75) is 38.1 Å². The van der Waals surface area contributed by atoms with Crippen molar-refractivity contribution < 1.29 is 14.7 Å². The number of carboxylic acids is 1. The van der Waals surface area contributed by atoms with Crippen LogP contribution in [-0.4, -0.2) is 28.1 Å². The molecule has 1 aliphatic rings. The maximum Gasteiger partial charge on any atom is 0.326 e. The van der Waals surface area contributed by atoms with Crippen LogP contribution in [0.25, 0.3) is 0 Å². The van der Waals surface area contributed by atoms with Crippen molar-refractivity contribution in [3.05, 3.63) is 11.1 Å². The number of thiazole rings is 1. The first kappa shape index (κ1) is 12.8. The zero-order valence-electron chi connectivity index (χ0n) is 9.97. The molecule has 2 amide bonds. The number of aromatic nitrogens is 1. The number of amides is 2. The molecule has 2 rings (SSSR count). The van der Waals surface area contributed by atoms with Crippen molar-refractivity contribution in [1.82, 2.24) is 10.3 Å². The summed E-state index contributed by atoms with van der Waals surface area (Å²) >= 11 is 1.36. The lowest BCUT2D eigenvalue weighted by Gasteiger charge is -2.11. The van der Waals surface area contributed by atoms with Gasteiger partial charge in [-0.2, -0.15) is 0 Å². The lowest BCUT2D eigenvalue weighted by molar-refractivity contribution is -0.139. The Hall–Kier alpha value is -1.63. The molecule has 0 bridgehead atoms. The SMILES string of the molecule is CC[C@@H](NC(=O)Nc1nc(C2CC2)cs1)C(=O)O. The minimum Gasteiger partial charge on any atom is -0.480 e. The number of nitrogens with one attached hydrogen (secondary N) is 2. The van der Waals surface area contributed by atoms with E-state index in [1.165, 1.54) is 11.3 Å². The molecule has 0 saturated heterocycles. The summed E-state index contributed by atoms with van der Waals surface area (Å²) in [5.74, 6) is -0.493. The van der Waals surface area contributed by atoms with Gasteiger partial charge in [0.15, 0.2) is 5.13 Å². The predicted molar refractivity (Wildman–Crippen MR) is 68.0 cm³/mol. The third-order valence-corrected chi connectivity index (χ3v) is 3.53. The van der Waals surface area contributed by atoms with Gasteiger partial charge >= 0.3 is 12.0 Å². The van der Waals surface area contributed by atoms with E-state index in [2.05, 4.69) is 15.6 Å². The van der Waals surface area contributed by atoms with Gasteiger partial charge in [0.1, 0.15) is 6.04 Å². The molecule has 98 valence electrons. The smallest absolute Gasteiger partial charge is 0.326 e. The van der Waals surface area contributed by atoms with Gasteiger partial charge in [0.2, 0.25) is 0 Å². The molecule has 0 radical (unpaired) electrons. The number of urea groups is 1. The summed E-state index contributed by atoms with van der Waals surface area (Å²) in [6.45, 7) is 1.70. The van der Waals surface area contributed by atoms with Gasteiger partial charge in [-0.05, 0) is 19.3 Å². The Bertz CT molecular complexity index is 456. The summed E-state index contributed by atoms with van der Waals surface area (Å²) in [5, 5.41) is 16.2. The van der Waals surface area contributed by atoms with E-state index < -0.39 is 18.0 Å². The molecular weight excluding hydrogens is 254 g/mol. The van der Waals surface area contributed by atoms with E-state index in [0.717, 1.165) is 18.5 Å². The maximum atomic E-state index is 11.6. The first-order chi connectivity index (χ1) is 8.60. The van der Waals surface area contributed by atoms with E-state index in [9.17, 15) is 9.59 Å². The fourth-order valence-electron chi connectivity index (χ4n) is 1.54. The number of carboxylic acid groups (broad SMARTS) is 1. The standard InChI is InChI=1S/C11H15N3O3S/c1-2-7(9(15)16)12-10(17)14-11-13-8(5-18-11)6-3-4-6/h5-7H,2-4H2,1H3,(H,15,16)(H2,12,13,14,17)/t7-/m1/s1. The summed E-state index contributed by atoms with van der Waals surface area (Å²) in [6.07, 6.45) is 2.66. The highest BCUT2D eigenvalue weighted by atomic mass is 32.1. The first-order valence-electron chi connectivity index (χ1n) is 5.86. The fourth-order valence-corrected chi connectivity index (χ4v) is 2.33. The second-order valence-corrected chi connectivity index (χ2v) is 5.11. The largest absolute Gasteiger partial charge is 0.480 e. The van der Waals surface area contributed by atoms with Crippen LogP contribution in [-0.2, 0) is 4.79 Å². The van der Waals surface area contributed by atoms with Crippen LogP contribution in [0.5, 0.6) is 0 Å². The molecule has 1 aliphatic carbocycles. The number of carbonyl (C=O) groups excluding carboxylic acids is 1. The van der Waals surface area contributed by atoms with Gasteiger partial charge in [0.25, 0.3) is 0 Å². The summed E-state index contributed by atoms with van der Waals surface area (Å²) in [7, 11) is 0. The third-order valence-electron chi connectivity index (χ3n) is 2.75.